The molecule has 0 radical (unpaired) electrons. The molecular weight excluding hydrogens is 311 g/mol. The van der Waals surface area contributed by atoms with Crippen LogP contribution in [0.5, 0.6) is 0 Å². The van der Waals surface area contributed by atoms with Gasteiger partial charge in [-0.05, 0) is 19.3 Å². The molecule has 1 aromatic rings. The number of halogens is 4. The highest BCUT2D eigenvalue weighted by Crippen LogP contribution is 2.36. The third-order valence-electron chi connectivity index (χ3n) is 3.76. The highest BCUT2D eigenvalue weighted by atomic mass is 35.5. The highest BCUT2D eigenvalue weighted by molar-refractivity contribution is 6.32. The average Bonchev–Trinajstić information content (AvgIpc) is 2.99. The molecule has 0 amide bonds. The SMILES string of the molecule is O=c1c(Cl)c(NC2CC3CCC2O3)cnn1CC(F)(F)F. The van der Waals surface area contributed by atoms with Crippen LogP contribution in [0.3, 0.4) is 0 Å². The van der Waals surface area contributed by atoms with Gasteiger partial charge in [0.05, 0.1) is 30.1 Å². The molecule has 3 atom stereocenters. The van der Waals surface area contributed by atoms with E-state index in [4.69, 9.17) is 16.3 Å². The number of nitrogens with zero attached hydrogens (tertiary/aromatic N) is 2. The van der Waals surface area contributed by atoms with Crippen molar-refractivity contribution in [3.8, 4) is 0 Å². The summed E-state index contributed by atoms with van der Waals surface area (Å²) in [5, 5.41) is 6.30. The zero-order valence-electron chi connectivity index (χ0n) is 10.9. The standard InChI is InChI=1S/C12H13ClF3N3O2/c13-10-8(18-7-3-6-1-2-9(7)21-6)4-17-19(11(10)20)5-12(14,15)16/h4,6-7,9,18H,1-3,5H2. The third kappa shape index (κ3) is 3.01. The van der Waals surface area contributed by atoms with Gasteiger partial charge in [0.25, 0.3) is 5.56 Å². The molecule has 3 unspecified atom stereocenters. The van der Waals surface area contributed by atoms with Crippen molar-refractivity contribution in [1.29, 1.82) is 0 Å². The summed E-state index contributed by atoms with van der Waals surface area (Å²) in [5.41, 5.74) is -0.704. The predicted octanol–water partition coefficient (Wildman–Crippen LogP) is 2.19. The molecule has 1 aromatic heterocycles. The minimum atomic E-state index is -4.52. The number of anilines is 1. The third-order valence-corrected chi connectivity index (χ3v) is 4.13. The van der Waals surface area contributed by atoms with E-state index in [1.165, 1.54) is 0 Å². The largest absolute Gasteiger partial charge is 0.408 e. The Morgan fingerprint density at radius 2 is 2.24 bits per heavy atom. The van der Waals surface area contributed by atoms with Crippen LogP contribution in [0.15, 0.2) is 11.0 Å². The van der Waals surface area contributed by atoms with E-state index in [0.717, 1.165) is 25.5 Å². The Balaban J connectivity index is 1.78. The Bertz CT molecular complexity index is 604. The molecule has 2 aliphatic rings. The fourth-order valence-electron chi connectivity index (χ4n) is 2.84. The van der Waals surface area contributed by atoms with Crippen molar-refractivity contribution in [3.63, 3.8) is 0 Å². The van der Waals surface area contributed by atoms with Crippen molar-refractivity contribution in [2.75, 3.05) is 5.32 Å². The smallest absolute Gasteiger partial charge is 0.377 e. The first-order valence-corrected chi connectivity index (χ1v) is 6.95. The Labute approximate surface area is 123 Å². The summed E-state index contributed by atoms with van der Waals surface area (Å²) in [5.74, 6) is 0. The molecule has 3 rings (SSSR count). The lowest BCUT2D eigenvalue weighted by molar-refractivity contribution is -0.143. The molecule has 5 nitrogen and oxygen atoms in total. The van der Waals surface area contributed by atoms with Crippen LogP contribution in [0.1, 0.15) is 19.3 Å². The van der Waals surface area contributed by atoms with Gasteiger partial charge < -0.3 is 10.1 Å². The zero-order valence-corrected chi connectivity index (χ0v) is 11.6. The normalized spacial score (nSPS) is 28.1. The van der Waals surface area contributed by atoms with Crippen LogP contribution in [0, 0.1) is 0 Å². The summed E-state index contributed by atoms with van der Waals surface area (Å²) < 4.78 is 42.9. The number of alkyl halides is 3. The zero-order chi connectivity index (χ0) is 15.2. The number of hydrogen-bond acceptors (Lipinski definition) is 4. The molecule has 116 valence electrons. The van der Waals surface area contributed by atoms with Crippen LogP contribution in [0.25, 0.3) is 0 Å². The number of fused-ring (bicyclic) bond motifs is 2. The van der Waals surface area contributed by atoms with E-state index < -0.39 is 18.3 Å². The lowest BCUT2D eigenvalue weighted by Gasteiger charge is -2.21. The Morgan fingerprint density at radius 3 is 2.81 bits per heavy atom. The Kier molecular flexibility index (Phi) is 3.61. The van der Waals surface area contributed by atoms with Gasteiger partial charge in [-0.15, -0.1) is 0 Å². The summed E-state index contributed by atoms with van der Waals surface area (Å²) in [6.45, 7) is -1.46. The van der Waals surface area contributed by atoms with Crippen LogP contribution in [-0.2, 0) is 11.3 Å². The number of ether oxygens (including phenoxy) is 1. The van der Waals surface area contributed by atoms with Crippen molar-refractivity contribution >= 4 is 17.3 Å². The van der Waals surface area contributed by atoms with E-state index in [1.54, 1.807) is 0 Å². The Hall–Kier alpha value is -1.28. The van der Waals surface area contributed by atoms with Crippen LogP contribution in [-0.4, -0.2) is 34.2 Å². The van der Waals surface area contributed by atoms with Crippen molar-refractivity contribution in [3.05, 3.63) is 21.6 Å². The molecule has 0 spiro atoms. The monoisotopic (exact) mass is 323 g/mol. The fraction of sp³-hybridized carbons (Fsp3) is 0.667. The predicted molar refractivity (Wildman–Crippen MR) is 69.5 cm³/mol. The maximum absolute atomic E-state index is 12.3. The molecule has 9 heteroatoms. The highest BCUT2D eigenvalue weighted by Gasteiger charge is 2.41. The van der Waals surface area contributed by atoms with Crippen LogP contribution in [0.4, 0.5) is 18.9 Å². The minimum absolute atomic E-state index is 0.0147. The lowest BCUT2D eigenvalue weighted by Crippen LogP contribution is -2.34. The average molecular weight is 324 g/mol. The molecular formula is C12H13ClF3N3O2. The van der Waals surface area contributed by atoms with Crippen LogP contribution < -0.4 is 10.9 Å². The summed E-state index contributed by atoms with van der Waals surface area (Å²) >= 11 is 5.86. The first-order valence-electron chi connectivity index (χ1n) is 6.58. The van der Waals surface area contributed by atoms with Crippen molar-refractivity contribution in [2.24, 2.45) is 0 Å². The second-order valence-corrected chi connectivity index (χ2v) is 5.69. The Morgan fingerprint density at radius 1 is 1.48 bits per heavy atom. The summed E-state index contributed by atoms with van der Waals surface area (Å²) in [6, 6.07) is 0.0147. The van der Waals surface area contributed by atoms with E-state index in [0.29, 0.717) is 4.68 Å². The van der Waals surface area contributed by atoms with E-state index >= 15 is 0 Å². The lowest BCUT2D eigenvalue weighted by atomic mass is 9.95. The molecule has 2 saturated heterocycles. The maximum atomic E-state index is 12.3. The van der Waals surface area contributed by atoms with Gasteiger partial charge in [0.2, 0.25) is 0 Å². The second kappa shape index (κ2) is 5.17. The first-order chi connectivity index (χ1) is 9.83. The van der Waals surface area contributed by atoms with Crippen LogP contribution >= 0.6 is 11.6 Å². The molecule has 3 heterocycles. The van der Waals surface area contributed by atoms with E-state index in [2.05, 4.69) is 10.4 Å². The second-order valence-electron chi connectivity index (χ2n) is 5.31. The molecule has 0 aromatic carbocycles. The number of hydrogen-bond donors (Lipinski definition) is 1. The summed E-state index contributed by atoms with van der Waals surface area (Å²) in [6.07, 6.45) is -0.351. The van der Waals surface area contributed by atoms with Gasteiger partial charge in [-0.3, -0.25) is 4.79 Å². The van der Waals surface area contributed by atoms with Gasteiger partial charge in [-0.1, -0.05) is 11.6 Å². The molecule has 2 aliphatic heterocycles. The molecule has 0 aliphatic carbocycles. The number of aromatic nitrogens is 2. The number of rotatable bonds is 3. The molecule has 2 fully saturated rings. The van der Waals surface area contributed by atoms with Gasteiger partial charge in [0, 0.05) is 0 Å². The van der Waals surface area contributed by atoms with Gasteiger partial charge in [-0.2, -0.15) is 18.3 Å². The number of nitrogens with one attached hydrogen (secondary N) is 1. The van der Waals surface area contributed by atoms with Gasteiger partial charge in [0.15, 0.2) is 0 Å². The molecule has 0 saturated carbocycles. The topological polar surface area (TPSA) is 56.1 Å². The quantitative estimate of drug-likeness (QED) is 0.926. The van der Waals surface area contributed by atoms with Gasteiger partial charge in [-0.25, -0.2) is 4.68 Å². The molecule has 2 bridgehead atoms. The fourth-order valence-corrected chi connectivity index (χ4v) is 3.04. The van der Waals surface area contributed by atoms with Crippen LogP contribution in [0.2, 0.25) is 5.02 Å². The summed E-state index contributed by atoms with van der Waals surface area (Å²) in [7, 11) is 0. The molecule has 21 heavy (non-hydrogen) atoms. The van der Waals surface area contributed by atoms with Crippen molar-refractivity contribution in [2.45, 2.75) is 50.2 Å². The van der Waals surface area contributed by atoms with Gasteiger partial charge >= 0.3 is 6.18 Å². The minimum Gasteiger partial charge on any atom is -0.377 e. The van der Waals surface area contributed by atoms with Crippen molar-refractivity contribution in [1.82, 2.24) is 9.78 Å². The van der Waals surface area contributed by atoms with E-state index in [9.17, 15) is 18.0 Å². The summed E-state index contributed by atoms with van der Waals surface area (Å²) in [4.78, 5) is 11.8. The van der Waals surface area contributed by atoms with E-state index in [-0.39, 0.29) is 29.0 Å². The van der Waals surface area contributed by atoms with Gasteiger partial charge in [0.1, 0.15) is 11.6 Å². The maximum Gasteiger partial charge on any atom is 0.408 e. The van der Waals surface area contributed by atoms with E-state index in [1.807, 2.05) is 0 Å². The first kappa shape index (κ1) is 14.6. The molecule has 1 N–H and O–H groups in total. The van der Waals surface area contributed by atoms with Crippen molar-refractivity contribution < 1.29 is 17.9 Å².